The maximum absolute atomic E-state index is 5.68. The van der Waals surface area contributed by atoms with Gasteiger partial charge in [0.15, 0.2) is 0 Å². The highest BCUT2D eigenvalue weighted by atomic mass is 16.5. The van der Waals surface area contributed by atoms with Crippen LogP contribution in [0.25, 0.3) is 0 Å². The molecule has 4 heteroatoms. The maximum atomic E-state index is 5.68. The van der Waals surface area contributed by atoms with Crippen LogP contribution in [0.2, 0.25) is 0 Å². The van der Waals surface area contributed by atoms with Gasteiger partial charge in [-0.2, -0.15) is 0 Å². The summed E-state index contributed by atoms with van der Waals surface area (Å²) in [5, 5.41) is 3.32. The summed E-state index contributed by atoms with van der Waals surface area (Å²) in [6, 6.07) is 12.3. The van der Waals surface area contributed by atoms with Crippen LogP contribution in [0.15, 0.2) is 48.8 Å². The van der Waals surface area contributed by atoms with Crippen molar-refractivity contribution in [3.05, 3.63) is 59.9 Å². The Balaban J connectivity index is 1.67. The van der Waals surface area contributed by atoms with E-state index in [2.05, 4.69) is 34.3 Å². The minimum Gasteiger partial charge on any atom is -0.383 e. The molecule has 2 aromatic rings. The van der Waals surface area contributed by atoms with E-state index >= 15 is 0 Å². The molecule has 0 saturated heterocycles. The van der Waals surface area contributed by atoms with Crippen LogP contribution < -0.4 is 5.32 Å². The number of rotatable bonds is 9. The van der Waals surface area contributed by atoms with Crippen molar-refractivity contribution in [2.75, 3.05) is 20.3 Å². The van der Waals surface area contributed by atoms with Gasteiger partial charge in [-0.05, 0) is 17.2 Å². The largest absolute Gasteiger partial charge is 0.383 e. The molecule has 0 atom stereocenters. The molecular formula is C16H22N2O2. The lowest BCUT2D eigenvalue weighted by Crippen LogP contribution is -2.18. The molecule has 0 fully saturated rings. The van der Waals surface area contributed by atoms with E-state index in [1.807, 2.05) is 24.4 Å². The molecule has 1 aromatic carbocycles. The van der Waals surface area contributed by atoms with E-state index in [9.17, 15) is 0 Å². The van der Waals surface area contributed by atoms with Crippen LogP contribution in [0.3, 0.4) is 0 Å². The second-order valence-corrected chi connectivity index (χ2v) is 4.67. The van der Waals surface area contributed by atoms with Crippen LogP contribution >= 0.6 is 0 Å². The van der Waals surface area contributed by atoms with Crippen LogP contribution in [0.5, 0.6) is 0 Å². The second kappa shape index (κ2) is 8.53. The lowest BCUT2D eigenvalue weighted by atomic mass is 10.2. The van der Waals surface area contributed by atoms with Crippen molar-refractivity contribution in [2.45, 2.75) is 19.9 Å². The van der Waals surface area contributed by atoms with Gasteiger partial charge in [0.05, 0.1) is 13.2 Å². The van der Waals surface area contributed by atoms with Gasteiger partial charge in [0.1, 0.15) is 6.73 Å². The van der Waals surface area contributed by atoms with E-state index in [0.717, 1.165) is 19.7 Å². The molecule has 0 saturated carbocycles. The molecule has 0 aliphatic rings. The highest BCUT2D eigenvalue weighted by Crippen LogP contribution is 2.04. The van der Waals surface area contributed by atoms with Crippen molar-refractivity contribution >= 4 is 0 Å². The van der Waals surface area contributed by atoms with Crippen molar-refractivity contribution in [3.63, 3.8) is 0 Å². The third kappa shape index (κ3) is 5.17. The molecule has 1 N–H and O–H groups in total. The summed E-state index contributed by atoms with van der Waals surface area (Å²) in [4.78, 5) is 0. The number of aromatic nitrogens is 1. The Morgan fingerprint density at radius 3 is 2.75 bits per heavy atom. The van der Waals surface area contributed by atoms with Gasteiger partial charge in [-0.25, -0.2) is 0 Å². The van der Waals surface area contributed by atoms with Gasteiger partial charge in [0.25, 0.3) is 0 Å². The predicted octanol–water partition coefficient (Wildman–Crippen LogP) is 2.40. The molecule has 2 rings (SSSR count). The van der Waals surface area contributed by atoms with Crippen LogP contribution in [0, 0.1) is 0 Å². The minimum absolute atomic E-state index is 0.576. The quantitative estimate of drug-likeness (QED) is 0.713. The van der Waals surface area contributed by atoms with Gasteiger partial charge < -0.3 is 19.4 Å². The Labute approximate surface area is 120 Å². The Bertz CT molecular complexity index is 482. The molecule has 1 heterocycles. The fraction of sp³-hybridized carbons (Fsp3) is 0.375. The monoisotopic (exact) mass is 274 g/mol. The van der Waals surface area contributed by atoms with Gasteiger partial charge in [-0.1, -0.05) is 30.3 Å². The van der Waals surface area contributed by atoms with Gasteiger partial charge in [-0.15, -0.1) is 0 Å². The van der Waals surface area contributed by atoms with E-state index in [0.29, 0.717) is 13.3 Å². The molecule has 0 aliphatic heterocycles. The lowest BCUT2D eigenvalue weighted by Gasteiger charge is -2.05. The van der Waals surface area contributed by atoms with Gasteiger partial charge in [-0.3, -0.25) is 0 Å². The van der Waals surface area contributed by atoms with Crippen molar-refractivity contribution in [3.8, 4) is 0 Å². The second-order valence-electron chi connectivity index (χ2n) is 4.67. The van der Waals surface area contributed by atoms with Crippen molar-refractivity contribution in [1.82, 2.24) is 9.88 Å². The molecule has 20 heavy (non-hydrogen) atoms. The molecule has 0 unspecified atom stereocenters. The number of hydrogen-bond acceptors (Lipinski definition) is 3. The van der Waals surface area contributed by atoms with E-state index in [1.165, 1.54) is 11.1 Å². The summed E-state index contributed by atoms with van der Waals surface area (Å²) in [5.41, 5.74) is 2.45. The van der Waals surface area contributed by atoms with E-state index in [1.54, 1.807) is 7.11 Å². The summed E-state index contributed by atoms with van der Waals surface area (Å²) < 4.78 is 12.7. The third-order valence-corrected chi connectivity index (χ3v) is 2.98. The molecule has 0 amide bonds. The first-order chi connectivity index (χ1) is 9.88. The molecule has 0 radical (unpaired) electrons. The summed E-state index contributed by atoms with van der Waals surface area (Å²) in [5.74, 6) is 0. The Kier molecular flexibility index (Phi) is 6.31. The fourth-order valence-electron chi connectivity index (χ4n) is 1.93. The summed E-state index contributed by atoms with van der Waals surface area (Å²) in [6.45, 7) is 3.68. The predicted molar refractivity (Wildman–Crippen MR) is 79.2 cm³/mol. The molecule has 0 spiro atoms. The molecule has 1 aromatic heterocycles. The first-order valence-corrected chi connectivity index (χ1v) is 6.84. The normalized spacial score (nSPS) is 10.8. The van der Waals surface area contributed by atoms with Crippen molar-refractivity contribution in [1.29, 1.82) is 0 Å². The first kappa shape index (κ1) is 14.8. The average Bonchev–Trinajstić information content (AvgIpc) is 2.93. The fourth-order valence-corrected chi connectivity index (χ4v) is 1.93. The van der Waals surface area contributed by atoms with Gasteiger partial charge in [0.2, 0.25) is 0 Å². The number of nitrogens with zero attached hydrogens (tertiary/aromatic N) is 1. The SMILES string of the molecule is COCCNCc1ccn(COCc2ccccc2)c1. The number of ether oxygens (including phenoxy) is 2. The van der Waals surface area contributed by atoms with E-state index in [-0.39, 0.29) is 0 Å². The standard InChI is InChI=1S/C16H22N2O2/c1-19-10-8-17-11-16-7-9-18(12-16)14-20-13-15-5-3-2-4-6-15/h2-7,9,12,17H,8,10-11,13-14H2,1H3. The first-order valence-electron chi connectivity index (χ1n) is 6.84. The Morgan fingerprint density at radius 1 is 1.10 bits per heavy atom. The molecule has 108 valence electrons. The van der Waals surface area contributed by atoms with Crippen LogP contribution in [-0.4, -0.2) is 24.8 Å². The Morgan fingerprint density at radius 2 is 1.95 bits per heavy atom. The third-order valence-electron chi connectivity index (χ3n) is 2.98. The molecular weight excluding hydrogens is 252 g/mol. The van der Waals surface area contributed by atoms with Crippen LogP contribution in [0.1, 0.15) is 11.1 Å². The zero-order chi connectivity index (χ0) is 14.0. The Hall–Kier alpha value is -1.62. The van der Waals surface area contributed by atoms with Gasteiger partial charge in [0, 0.05) is 32.6 Å². The number of methoxy groups -OCH3 is 1. The molecule has 0 aliphatic carbocycles. The average molecular weight is 274 g/mol. The lowest BCUT2D eigenvalue weighted by molar-refractivity contribution is 0.0641. The van der Waals surface area contributed by atoms with E-state index in [4.69, 9.17) is 9.47 Å². The van der Waals surface area contributed by atoms with E-state index < -0.39 is 0 Å². The van der Waals surface area contributed by atoms with Crippen LogP contribution in [0.4, 0.5) is 0 Å². The highest BCUT2D eigenvalue weighted by Gasteiger charge is 1.97. The highest BCUT2D eigenvalue weighted by molar-refractivity contribution is 5.13. The molecule has 4 nitrogen and oxygen atoms in total. The summed E-state index contributed by atoms with van der Waals surface area (Å²) in [7, 11) is 1.71. The maximum Gasteiger partial charge on any atom is 0.122 e. The smallest absolute Gasteiger partial charge is 0.122 e. The minimum atomic E-state index is 0.576. The number of benzene rings is 1. The zero-order valence-corrected chi connectivity index (χ0v) is 11.9. The zero-order valence-electron chi connectivity index (χ0n) is 11.9. The summed E-state index contributed by atoms with van der Waals surface area (Å²) in [6.07, 6.45) is 4.14. The van der Waals surface area contributed by atoms with Crippen LogP contribution in [-0.2, 0) is 29.4 Å². The van der Waals surface area contributed by atoms with Crippen molar-refractivity contribution < 1.29 is 9.47 Å². The molecule has 0 bridgehead atoms. The number of hydrogen-bond donors (Lipinski definition) is 1. The van der Waals surface area contributed by atoms with Gasteiger partial charge >= 0.3 is 0 Å². The summed E-state index contributed by atoms with van der Waals surface area (Å²) >= 11 is 0. The topological polar surface area (TPSA) is 35.4 Å². The number of nitrogens with one attached hydrogen (secondary N) is 1. The van der Waals surface area contributed by atoms with Crippen molar-refractivity contribution in [2.24, 2.45) is 0 Å².